The monoisotopic (exact) mass is 180 g/mol. The third kappa shape index (κ3) is 3.95. The van der Waals surface area contributed by atoms with Crippen LogP contribution in [0.15, 0.2) is 0 Å². The molecule has 0 aromatic rings. The SMILES string of the molecule is C#CCC(=O)NC1CCCNCC1. The standard InChI is InChI=1S/C10H16N2O/c1-2-4-10(13)12-9-5-3-7-11-8-6-9/h1,9,11H,3-8H2,(H,12,13). The molecule has 0 aromatic carbocycles. The van der Waals surface area contributed by atoms with E-state index >= 15 is 0 Å². The molecule has 1 aliphatic heterocycles. The fourth-order valence-electron chi connectivity index (χ4n) is 1.53. The van der Waals surface area contributed by atoms with Crippen LogP contribution in [0.1, 0.15) is 25.7 Å². The second-order valence-electron chi connectivity index (χ2n) is 3.33. The normalized spacial score (nSPS) is 22.8. The van der Waals surface area contributed by atoms with E-state index in [1.165, 1.54) is 0 Å². The summed E-state index contributed by atoms with van der Waals surface area (Å²) in [6.45, 7) is 2.04. The smallest absolute Gasteiger partial charge is 0.232 e. The van der Waals surface area contributed by atoms with Crippen molar-refractivity contribution in [2.75, 3.05) is 13.1 Å². The van der Waals surface area contributed by atoms with Gasteiger partial charge in [0.25, 0.3) is 0 Å². The molecule has 1 rings (SSSR count). The maximum Gasteiger partial charge on any atom is 0.232 e. The summed E-state index contributed by atoms with van der Waals surface area (Å²) in [4.78, 5) is 11.1. The molecule has 1 fully saturated rings. The van der Waals surface area contributed by atoms with E-state index in [1.54, 1.807) is 0 Å². The molecule has 1 saturated heterocycles. The largest absolute Gasteiger partial charge is 0.352 e. The summed E-state index contributed by atoms with van der Waals surface area (Å²) in [7, 11) is 0. The Balaban J connectivity index is 2.26. The molecular weight excluding hydrogens is 164 g/mol. The van der Waals surface area contributed by atoms with Crippen molar-refractivity contribution >= 4 is 5.91 Å². The molecule has 1 unspecified atom stereocenters. The molecule has 0 saturated carbocycles. The lowest BCUT2D eigenvalue weighted by Gasteiger charge is -2.14. The second kappa shape index (κ2) is 5.60. The van der Waals surface area contributed by atoms with Crippen molar-refractivity contribution in [1.29, 1.82) is 0 Å². The first kappa shape index (κ1) is 10.1. The van der Waals surface area contributed by atoms with Gasteiger partial charge in [-0.2, -0.15) is 0 Å². The molecule has 3 nitrogen and oxygen atoms in total. The van der Waals surface area contributed by atoms with Crippen LogP contribution in [0.4, 0.5) is 0 Å². The molecule has 0 radical (unpaired) electrons. The van der Waals surface area contributed by atoms with Crippen LogP contribution in [-0.2, 0) is 4.79 Å². The fraction of sp³-hybridized carbons (Fsp3) is 0.700. The van der Waals surface area contributed by atoms with E-state index in [0.717, 1.165) is 32.4 Å². The van der Waals surface area contributed by atoms with Gasteiger partial charge in [0.05, 0.1) is 6.42 Å². The average Bonchev–Trinajstić information content (AvgIpc) is 2.33. The number of carbonyl (C=O) groups excluding carboxylic acids is 1. The summed E-state index contributed by atoms with van der Waals surface area (Å²) in [5.41, 5.74) is 0. The first-order valence-corrected chi connectivity index (χ1v) is 4.76. The number of hydrogen-bond donors (Lipinski definition) is 2. The van der Waals surface area contributed by atoms with Gasteiger partial charge in [-0.1, -0.05) is 5.92 Å². The van der Waals surface area contributed by atoms with Crippen molar-refractivity contribution < 1.29 is 4.79 Å². The summed E-state index contributed by atoms with van der Waals surface area (Å²) < 4.78 is 0. The van der Waals surface area contributed by atoms with E-state index in [4.69, 9.17) is 6.42 Å². The minimum atomic E-state index is -0.0191. The molecule has 3 heteroatoms. The Morgan fingerprint density at radius 1 is 1.54 bits per heavy atom. The highest BCUT2D eigenvalue weighted by molar-refractivity contribution is 5.78. The van der Waals surface area contributed by atoms with E-state index in [-0.39, 0.29) is 12.3 Å². The highest BCUT2D eigenvalue weighted by Crippen LogP contribution is 2.04. The number of carbonyl (C=O) groups is 1. The first-order valence-electron chi connectivity index (χ1n) is 4.76. The number of hydrogen-bond acceptors (Lipinski definition) is 2. The number of amides is 1. The van der Waals surface area contributed by atoms with Gasteiger partial charge in [0, 0.05) is 6.04 Å². The minimum Gasteiger partial charge on any atom is -0.352 e. The predicted octanol–water partition coefficient (Wildman–Crippen LogP) is 0.268. The quantitative estimate of drug-likeness (QED) is 0.599. The van der Waals surface area contributed by atoms with Crippen LogP contribution in [0.25, 0.3) is 0 Å². The van der Waals surface area contributed by atoms with Crippen LogP contribution in [0.2, 0.25) is 0 Å². The van der Waals surface area contributed by atoms with E-state index in [2.05, 4.69) is 16.6 Å². The van der Waals surface area contributed by atoms with Crippen molar-refractivity contribution in [3.05, 3.63) is 0 Å². The molecule has 0 bridgehead atoms. The van der Waals surface area contributed by atoms with Crippen molar-refractivity contribution in [3.8, 4) is 12.3 Å². The zero-order chi connectivity index (χ0) is 9.52. The van der Waals surface area contributed by atoms with Crippen molar-refractivity contribution in [3.63, 3.8) is 0 Å². The first-order chi connectivity index (χ1) is 6.33. The highest BCUT2D eigenvalue weighted by atomic mass is 16.1. The predicted molar refractivity (Wildman–Crippen MR) is 52.1 cm³/mol. The summed E-state index contributed by atoms with van der Waals surface area (Å²) in [5, 5.41) is 6.23. The van der Waals surface area contributed by atoms with Gasteiger partial charge in [-0.05, 0) is 32.4 Å². The summed E-state index contributed by atoms with van der Waals surface area (Å²) >= 11 is 0. The Hall–Kier alpha value is -1.01. The number of nitrogens with one attached hydrogen (secondary N) is 2. The summed E-state index contributed by atoms with van der Waals surface area (Å²) in [5.74, 6) is 2.33. The maximum absolute atomic E-state index is 11.1. The van der Waals surface area contributed by atoms with Crippen LogP contribution in [0, 0.1) is 12.3 Å². The van der Waals surface area contributed by atoms with Crippen LogP contribution < -0.4 is 10.6 Å². The molecule has 13 heavy (non-hydrogen) atoms. The Labute approximate surface area is 79.3 Å². The third-order valence-corrected chi connectivity index (χ3v) is 2.20. The van der Waals surface area contributed by atoms with Crippen LogP contribution >= 0.6 is 0 Å². The Bertz CT molecular complexity index is 199. The molecule has 72 valence electrons. The maximum atomic E-state index is 11.1. The van der Waals surface area contributed by atoms with Gasteiger partial charge in [0.15, 0.2) is 0 Å². The third-order valence-electron chi connectivity index (χ3n) is 2.20. The second-order valence-corrected chi connectivity index (χ2v) is 3.33. The van der Waals surface area contributed by atoms with Crippen LogP contribution in [-0.4, -0.2) is 25.0 Å². The number of terminal acetylenes is 1. The molecule has 2 N–H and O–H groups in total. The Morgan fingerprint density at radius 2 is 2.38 bits per heavy atom. The Kier molecular flexibility index (Phi) is 4.34. The molecule has 0 aromatic heterocycles. The lowest BCUT2D eigenvalue weighted by molar-refractivity contribution is -0.120. The van der Waals surface area contributed by atoms with Crippen LogP contribution in [0.3, 0.4) is 0 Å². The van der Waals surface area contributed by atoms with Gasteiger partial charge in [0.1, 0.15) is 0 Å². The number of rotatable bonds is 2. The molecule has 1 atom stereocenters. The van der Waals surface area contributed by atoms with Gasteiger partial charge in [-0.3, -0.25) is 4.79 Å². The molecule has 1 aliphatic rings. The molecular formula is C10H16N2O. The molecule has 0 aliphatic carbocycles. The van der Waals surface area contributed by atoms with Gasteiger partial charge in [0.2, 0.25) is 5.91 Å². The van der Waals surface area contributed by atoms with Gasteiger partial charge < -0.3 is 10.6 Å². The zero-order valence-corrected chi connectivity index (χ0v) is 7.81. The van der Waals surface area contributed by atoms with E-state index in [1.807, 2.05) is 0 Å². The molecule has 0 spiro atoms. The van der Waals surface area contributed by atoms with Crippen LogP contribution in [0.5, 0.6) is 0 Å². The summed E-state index contributed by atoms with van der Waals surface area (Å²) in [6.07, 6.45) is 8.44. The molecule has 1 amide bonds. The highest BCUT2D eigenvalue weighted by Gasteiger charge is 2.13. The topological polar surface area (TPSA) is 41.1 Å². The lowest BCUT2D eigenvalue weighted by atomic mass is 10.1. The fourth-order valence-corrected chi connectivity index (χ4v) is 1.53. The average molecular weight is 180 g/mol. The zero-order valence-electron chi connectivity index (χ0n) is 7.81. The lowest BCUT2D eigenvalue weighted by Crippen LogP contribution is -2.34. The minimum absolute atomic E-state index is 0.0191. The molecule has 1 heterocycles. The Morgan fingerprint density at radius 3 is 3.15 bits per heavy atom. The van der Waals surface area contributed by atoms with Crippen molar-refractivity contribution in [2.24, 2.45) is 0 Å². The van der Waals surface area contributed by atoms with Gasteiger partial charge in [-0.15, -0.1) is 6.42 Å². The van der Waals surface area contributed by atoms with Crippen molar-refractivity contribution in [2.45, 2.75) is 31.7 Å². The van der Waals surface area contributed by atoms with Gasteiger partial charge >= 0.3 is 0 Å². The van der Waals surface area contributed by atoms with E-state index in [0.29, 0.717) is 6.04 Å². The summed E-state index contributed by atoms with van der Waals surface area (Å²) in [6, 6.07) is 0.316. The van der Waals surface area contributed by atoms with E-state index in [9.17, 15) is 4.79 Å². The van der Waals surface area contributed by atoms with E-state index < -0.39 is 0 Å². The van der Waals surface area contributed by atoms with Gasteiger partial charge in [-0.25, -0.2) is 0 Å². The van der Waals surface area contributed by atoms with Crippen molar-refractivity contribution in [1.82, 2.24) is 10.6 Å².